The third-order valence-electron chi connectivity index (χ3n) is 0. The van der Waals surface area contributed by atoms with Crippen molar-refractivity contribution in [2.75, 3.05) is 0 Å². The fourth-order valence-electron chi connectivity index (χ4n) is 0. The summed E-state index contributed by atoms with van der Waals surface area (Å²) in [6, 6.07) is 0. The molecule has 0 aliphatic rings. The maximum absolute atomic E-state index is 9.83. The van der Waals surface area contributed by atoms with E-state index in [0.717, 1.165) is 0 Å². The summed E-state index contributed by atoms with van der Waals surface area (Å²) in [7, 11) is 0. The van der Waals surface area contributed by atoms with E-state index in [9.17, 15) is 14.0 Å². The second kappa shape index (κ2) is 9.26. The fourth-order valence-corrected chi connectivity index (χ4v) is 0. The van der Waals surface area contributed by atoms with E-state index in [4.69, 9.17) is 0 Å². The van der Waals surface area contributed by atoms with Gasteiger partial charge in [0.25, 0.3) is 0 Å². The number of hydrogen-bond donors (Lipinski definition) is 0. The van der Waals surface area contributed by atoms with Crippen LogP contribution in [0, 0.1) is 0 Å². The van der Waals surface area contributed by atoms with Crippen LogP contribution in [0.15, 0.2) is 0 Å². The van der Waals surface area contributed by atoms with E-state index >= 15 is 0 Å². The van der Waals surface area contributed by atoms with E-state index in [1.807, 2.05) is 0 Å². The molecule has 0 spiro atoms. The Morgan fingerprint density at radius 2 is 1.00 bits per heavy atom. The van der Waals surface area contributed by atoms with Gasteiger partial charge in [-0.1, -0.05) is 0 Å². The van der Waals surface area contributed by atoms with Crippen molar-refractivity contribution in [1.82, 2.24) is 0 Å². The van der Waals surface area contributed by atoms with Gasteiger partial charge in [0, 0.05) is 0 Å². The maximum atomic E-state index is 9.83. The van der Waals surface area contributed by atoms with Gasteiger partial charge in [-0.2, -0.15) is 0 Å². The summed E-state index contributed by atoms with van der Waals surface area (Å²) in [4.78, 5) is 0. The molecule has 0 aromatic carbocycles. The van der Waals surface area contributed by atoms with Crippen LogP contribution in [0.5, 0.6) is 0 Å². The first kappa shape index (κ1) is 9.93. The van der Waals surface area contributed by atoms with Gasteiger partial charge in [-0.05, 0) is 0 Å². The van der Waals surface area contributed by atoms with Gasteiger partial charge in [0.15, 0.2) is 0 Å². The van der Waals surface area contributed by atoms with E-state index in [0.29, 0.717) is 0 Å². The normalized spacial score (nSPS) is 7.00. The Hall–Kier alpha value is 0.806. The first-order valence-electron chi connectivity index (χ1n) is 0.834. The van der Waals surface area contributed by atoms with Crippen LogP contribution in [0.1, 0.15) is 0 Å². The number of halogens is 4. The minimum absolute atomic E-state index is 0.125. The predicted octanol–water partition coefficient (Wildman–Crippen LogP) is 0.384. The van der Waals surface area contributed by atoms with Crippen molar-refractivity contribution < 1.29 is 14.0 Å². The van der Waals surface area contributed by atoms with Crippen LogP contribution >= 0.6 is 0 Å². The molecular weight excluding hydrogens is 221 g/mol. The van der Waals surface area contributed by atoms with Crippen LogP contribution in [0.4, 0.5) is 14.0 Å². The van der Waals surface area contributed by atoms with Gasteiger partial charge in [-0.25, -0.2) is 0 Å². The Labute approximate surface area is 47.2 Å². The molecule has 38 valence electrons. The van der Waals surface area contributed by atoms with Gasteiger partial charge < -0.3 is 0 Å². The van der Waals surface area contributed by atoms with Crippen molar-refractivity contribution in [2.24, 2.45) is 0 Å². The molecule has 0 N–H and O–H groups in total. The van der Waals surface area contributed by atoms with Gasteiger partial charge >= 0.3 is 46.7 Å². The summed E-state index contributed by atoms with van der Waals surface area (Å²) < 4.78 is 39.1. The van der Waals surface area contributed by atoms with Gasteiger partial charge in [-0.15, -0.1) is 0 Å². The van der Waals surface area contributed by atoms with Gasteiger partial charge in [0.05, 0.1) is 0 Å². The zero-order chi connectivity index (χ0) is 5.58. The molecule has 0 aromatic heterocycles. The average Bonchev–Trinajstić information content (AvgIpc) is 1.41. The summed E-state index contributed by atoms with van der Waals surface area (Å²) >= 11 is -4.96. The Balaban J connectivity index is 0. The first-order valence-corrected chi connectivity index (χ1v) is 4.33. The molecule has 0 atom stereocenters. The number of hydrogen-bond acceptors (Lipinski definition) is 0. The predicted molar refractivity (Wildman–Crippen MR) is 18.7 cm³/mol. The summed E-state index contributed by atoms with van der Waals surface area (Å²) in [5.74, 6) is 0. The number of rotatable bonds is 0. The van der Waals surface area contributed by atoms with Gasteiger partial charge in [-0.3, -0.25) is 0 Å². The first-order chi connectivity index (χ1) is 2.73. The molecule has 2 radical (unpaired) electrons. The Morgan fingerprint density at radius 3 is 1.00 bits per heavy atom. The molecular formula is H2F4Ge2. The molecule has 0 nitrogen and oxygen atoms in total. The van der Waals surface area contributed by atoms with Crippen LogP contribution in [0.25, 0.3) is 0 Å². The molecule has 6 heteroatoms. The Kier molecular flexibility index (Phi) is 15.3. The fraction of sp³-hybridized carbons (Fsp3) is 0. The third kappa shape index (κ3) is 107. The molecule has 6 heavy (non-hydrogen) atoms. The van der Waals surface area contributed by atoms with E-state index in [1.165, 1.54) is 0 Å². The molecule has 0 aromatic rings. The zero-order valence-corrected chi connectivity index (χ0v) is 7.78. The van der Waals surface area contributed by atoms with Crippen molar-refractivity contribution in [3.8, 4) is 0 Å². The van der Waals surface area contributed by atoms with Crippen LogP contribution in [-0.2, 0) is 0 Å². The summed E-state index contributed by atoms with van der Waals surface area (Å²) in [6.45, 7) is 0. The van der Waals surface area contributed by atoms with Crippen molar-refractivity contribution >= 4 is 32.7 Å². The van der Waals surface area contributed by atoms with Crippen molar-refractivity contribution in [3.63, 3.8) is 0 Å². The molecule has 0 amide bonds. The minimum atomic E-state index is -4.83. The third-order valence-corrected chi connectivity index (χ3v) is 0. The quantitative estimate of drug-likeness (QED) is 0.411. The van der Waals surface area contributed by atoms with Crippen molar-refractivity contribution in [1.29, 1.82) is 0 Å². The monoisotopic (exact) mass is 226 g/mol. The van der Waals surface area contributed by atoms with Crippen LogP contribution < -0.4 is 0 Å². The van der Waals surface area contributed by atoms with Crippen LogP contribution in [0.3, 0.4) is 0 Å². The van der Waals surface area contributed by atoms with Crippen molar-refractivity contribution in [2.45, 2.75) is 0 Å². The van der Waals surface area contributed by atoms with E-state index in [2.05, 4.69) is 0 Å². The topological polar surface area (TPSA) is 0 Å². The Bertz CT molecular complexity index is 10.3. The molecule has 0 aliphatic heterocycles. The second-order valence-corrected chi connectivity index (χ2v) is 1.11. The molecule has 0 unspecified atom stereocenters. The van der Waals surface area contributed by atoms with Gasteiger partial charge in [0.2, 0.25) is 0 Å². The summed E-state index contributed by atoms with van der Waals surface area (Å²) in [5, 5.41) is 0. The molecule has 0 saturated carbocycles. The van der Waals surface area contributed by atoms with Crippen LogP contribution in [0.2, 0.25) is 0 Å². The van der Waals surface area contributed by atoms with E-state index in [1.54, 1.807) is 0 Å². The standard InChI is InChI=1S/F3Ge.FGeH2/c1-4(2)3;1-2/h;2H2. The molecule has 0 saturated heterocycles. The summed E-state index contributed by atoms with van der Waals surface area (Å²) in [5.41, 5.74) is 0. The SMILES string of the molecule is [F][GeH2].[F][Ge]([F])[F]. The molecule has 0 fully saturated rings. The Morgan fingerprint density at radius 1 is 1.00 bits per heavy atom. The molecule has 0 bridgehead atoms. The molecule has 0 aliphatic carbocycles. The van der Waals surface area contributed by atoms with Crippen LogP contribution in [-0.4, -0.2) is 32.7 Å². The van der Waals surface area contributed by atoms with Crippen molar-refractivity contribution in [3.05, 3.63) is 0 Å². The van der Waals surface area contributed by atoms with E-state index < -0.39 is 15.7 Å². The second-order valence-electron chi connectivity index (χ2n) is 0.214. The van der Waals surface area contributed by atoms with E-state index in [-0.39, 0.29) is 17.0 Å². The van der Waals surface area contributed by atoms with Gasteiger partial charge in [0.1, 0.15) is 0 Å². The molecule has 0 heterocycles. The molecule has 0 rings (SSSR count). The average molecular weight is 223 g/mol. The summed E-state index contributed by atoms with van der Waals surface area (Å²) in [6.07, 6.45) is 0. The zero-order valence-electron chi connectivity index (χ0n) is 2.72.